The second-order valence-electron chi connectivity index (χ2n) is 2.86. The van der Waals surface area contributed by atoms with Crippen LogP contribution in [0, 0.1) is 11.3 Å². The Morgan fingerprint density at radius 2 is 2.14 bits per heavy atom. The Morgan fingerprint density at radius 3 is 2.14 bits per heavy atom. The van der Waals surface area contributed by atoms with Crippen LogP contribution in [-0.4, -0.2) is 6.29 Å². The van der Waals surface area contributed by atoms with Crippen LogP contribution in [-0.2, 0) is 4.79 Å². The van der Waals surface area contributed by atoms with Crippen molar-refractivity contribution in [2.24, 2.45) is 11.3 Å². The maximum absolute atomic E-state index is 9.86. The summed E-state index contributed by atoms with van der Waals surface area (Å²) < 4.78 is 0. The molecular formula is C6H9O. The zero-order valence-electron chi connectivity index (χ0n) is 4.69. The van der Waals surface area contributed by atoms with Crippen LogP contribution in [0.25, 0.3) is 0 Å². The highest BCUT2D eigenvalue weighted by molar-refractivity contribution is 5.60. The Hall–Kier alpha value is -0.330. The van der Waals surface area contributed by atoms with Gasteiger partial charge in [0.05, 0.1) is 0 Å². The summed E-state index contributed by atoms with van der Waals surface area (Å²) in [6, 6.07) is 0. The molecule has 1 aliphatic rings. The van der Waals surface area contributed by atoms with Gasteiger partial charge in [-0.3, -0.25) is 4.79 Å². The molecule has 0 unspecified atom stereocenters. The van der Waals surface area contributed by atoms with Gasteiger partial charge in [-0.15, -0.1) is 0 Å². The van der Waals surface area contributed by atoms with Gasteiger partial charge in [0, 0.05) is 5.92 Å². The zero-order valence-corrected chi connectivity index (χ0v) is 4.69. The van der Waals surface area contributed by atoms with Crippen molar-refractivity contribution in [3.63, 3.8) is 0 Å². The minimum absolute atomic E-state index is 0.243. The third-order valence-electron chi connectivity index (χ3n) is 1.66. The van der Waals surface area contributed by atoms with Crippen LogP contribution in [0.3, 0.4) is 0 Å². The molecule has 1 atom stereocenters. The molecule has 0 bridgehead atoms. The second kappa shape index (κ2) is 1.09. The summed E-state index contributed by atoms with van der Waals surface area (Å²) >= 11 is 0. The molecule has 0 N–H and O–H groups in total. The Morgan fingerprint density at radius 1 is 1.71 bits per heavy atom. The predicted molar refractivity (Wildman–Crippen MR) is 27.6 cm³/mol. The van der Waals surface area contributed by atoms with E-state index in [1.165, 1.54) is 0 Å². The maximum atomic E-state index is 9.86. The topological polar surface area (TPSA) is 17.1 Å². The number of hydrogen-bond acceptors (Lipinski definition) is 1. The quantitative estimate of drug-likeness (QED) is 0.479. The summed E-state index contributed by atoms with van der Waals surface area (Å²) in [6.07, 6.45) is 3.02. The van der Waals surface area contributed by atoms with E-state index < -0.39 is 0 Å². The monoisotopic (exact) mass is 97.1 g/mol. The molecule has 0 heterocycles. The molecule has 1 fully saturated rings. The summed E-state index contributed by atoms with van der Waals surface area (Å²) in [5.41, 5.74) is 0.293. The molecule has 0 aromatic carbocycles. The van der Waals surface area contributed by atoms with E-state index in [2.05, 4.69) is 13.8 Å². The van der Waals surface area contributed by atoms with E-state index in [0.717, 1.165) is 6.42 Å². The van der Waals surface area contributed by atoms with E-state index in [9.17, 15) is 4.79 Å². The lowest BCUT2D eigenvalue weighted by Gasteiger charge is -1.90. The van der Waals surface area contributed by atoms with Crippen LogP contribution >= 0.6 is 0 Å². The second-order valence-corrected chi connectivity index (χ2v) is 2.86. The Balaban J connectivity index is 2.44. The highest BCUT2D eigenvalue weighted by Gasteiger charge is 2.45. The minimum Gasteiger partial charge on any atom is -0.291 e. The van der Waals surface area contributed by atoms with Crippen molar-refractivity contribution >= 4 is 6.29 Å². The van der Waals surface area contributed by atoms with Gasteiger partial charge in [-0.1, -0.05) is 13.8 Å². The third kappa shape index (κ3) is 0.671. The van der Waals surface area contributed by atoms with Crippen molar-refractivity contribution in [2.45, 2.75) is 20.3 Å². The number of carbonyl (C=O) groups excluding carboxylic acids is 1. The SMILES string of the molecule is CC1(C)C[C@@H]1[C]=O. The van der Waals surface area contributed by atoms with E-state index >= 15 is 0 Å². The van der Waals surface area contributed by atoms with Gasteiger partial charge in [0.1, 0.15) is 0 Å². The Bertz CT molecular complexity index is 94.4. The summed E-state index contributed by atoms with van der Waals surface area (Å²) in [5, 5.41) is 0. The van der Waals surface area contributed by atoms with Gasteiger partial charge >= 0.3 is 0 Å². The molecule has 1 saturated carbocycles. The van der Waals surface area contributed by atoms with Gasteiger partial charge in [0.2, 0.25) is 6.29 Å². The number of hydrogen-bond donors (Lipinski definition) is 0. The van der Waals surface area contributed by atoms with Crippen LogP contribution in [0.1, 0.15) is 20.3 Å². The smallest absolute Gasteiger partial charge is 0.202 e. The van der Waals surface area contributed by atoms with Crippen LogP contribution in [0.5, 0.6) is 0 Å². The normalized spacial score (nSPS) is 34.9. The molecular weight excluding hydrogens is 88.1 g/mol. The van der Waals surface area contributed by atoms with Crippen molar-refractivity contribution < 1.29 is 4.79 Å². The number of rotatable bonds is 1. The molecule has 7 heavy (non-hydrogen) atoms. The van der Waals surface area contributed by atoms with Crippen LogP contribution in [0.2, 0.25) is 0 Å². The van der Waals surface area contributed by atoms with E-state index in [0.29, 0.717) is 5.41 Å². The first-order chi connectivity index (χ1) is 3.17. The fourth-order valence-electron chi connectivity index (χ4n) is 0.668. The summed E-state index contributed by atoms with van der Waals surface area (Å²) in [5.74, 6) is 0.243. The van der Waals surface area contributed by atoms with Gasteiger partial charge in [0.25, 0.3) is 0 Å². The molecule has 1 aliphatic carbocycles. The molecule has 0 aliphatic heterocycles. The fourth-order valence-corrected chi connectivity index (χ4v) is 0.668. The molecule has 39 valence electrons. The molecule has 0 saturated heterocycles. The average Bonchev–Trinajstić information content (AvgIpc) is 2.13. The summed E-state index contributed by atoms with van der Waals surface area (Å²) in [4.78, 5) is 9.86. The van der Waals surface area contributed by atoms with Gasteiger partial charge in [0.15, 0.2) is 0 Å². The minimum atomic E-state index is 0.243. The summed E-state index contributed by atoms with van der Waals surface area (Å²) in [7, 11) is 0. The van der Waals surface area contributed by atoms with Crippen molar-refractivity contribution in [3.8, 4) is 0 Å². The average molecular weight is 97.1 g/mol. The lowest BCUT2D eigenvalue weighted by atomic mass is 10.1. The molecule has 1 radical (unpaired) electrons. The first kappa shape index (κ1) is 4.82. The van der Waals surface area contributed by atoms with Crippen LogP contribution in [0.4, 0.5) is 0 Å². The van der Waals surface area contributed by atoms with Crippen molar-refractivity contribution in [2.75, 3.05) is 0 Å². The lowest BCUT2D eigenvalue weighted by molar-refractivity contribution is 0.530. The molecule has 0 aromatic rings. The molecule has 1 rings (SSSR count). The molecule has 0 amide bonds. The highest BCUT2D eigenvalue weighted by Crippen LogP contribution is 2.49. The first-order valence-electron chi connectivity index (χ1n) is 2.54. The molecule has 1 nitrogen and oxygen atoms in total. The van der Waals surface area contributed by atoms with Crippen LogP contribution in [0.15, 0.2) is 0 Å². The molecule has 0 spiro atoms. The predicted octanol–water partition coefficient (Wildman–Crippen LogP) is 1.14. The third-order valence-corrected chi connectivity index (χ3v) is 1.66. The maximum Gasteiger partial charge on any atom is 0.202 e. The highest BCUT2D eigenvalue weighted by atomic mass is 16.1. The van der Waals surface area contributed by atoms with E-state index in [1.807, 2.05) is 6.29 Å². The van der Waals surface area contributed by atoms with Gasteiger partial charge in [-0.05, 0) is 11.8 Å². The fraction of sp³-hybridized carbons (Fsp3) is 0.833. The molecule has 0 aromatic heterocycles. The molecule has 1 heteroatoms. The van der Waals surface area contributed by atoms with Gasteiger partial charge < -0.3 is 0 Å². The Kier molecular flexibility index (Phi) is 0.748. The summed E-state index contributed by atoms with van der Waals surface area (Å²) in [6.45, 7) is 4.17. The van der Waals surface area contributed by atoms with E-state index in [4.69, 9.17) is 0 Å². The zero-order chi connectivity index (χ0) is 5.49. The standard InChI is InChI=1S/C6H9O/c1-6(2)3-5(6)4-7/h5H,3H2,1-2H3/t5-/m1/s1. The van der Waals surface area contributed by atoms with Gasteiger partial charge in [-0.25, -0.2) is 0 Å². The van der Waals surface area contributed by atoms with Crippen molar-refractivity contribution in [3.05, 3.63) is 0 Å². The lowest BCUT2D eigenvalue weighted by Crippen LogP contribution is -1.88. The largest absolute Gasteiger partial charge is 0.291 e. The van der Waals surface area contributed by atoms with Gasteiger partial charge in [-0.2, -0.15) is 0 Å². The van der Waals surface area contributed by atoms with E-state index in [1.54, 1.807) is 0 Å². The van der Waals surface area contributed by atoms with Crippen molar-refractivity contribution in [1.29, 1.82) is 0 Å². The first-order valence-corrected chi connectivity index (χ1v) is 2.54. The van der Waals surface area contributed by atoms with E-state index in [-0.39, 0.29) is 5.92 Å². The van der Waals surface area contributed by atoms with Crippen LogP contribution < -0.4 is 0 Å². The Labute approximate surface area is 43.7 Å². The van der Waals surface area contributed by atoms with Crippen molar-refractivity contribution in [1.82, 2.24) is 0 Å².